The van der Waals surface area contributed by atoms with Gasteiger partial charge in [-0.15, -0.1) is 11.3 Å². The first-order valence-electron chi connectivity index (χ1n) is 5.83. The van der Waals surface area contributed by atoms with Gasteiger partial charge < -0.3 is 10.6 Å². The first-order chi connectivity index (χ1) is 9.43. The molecule has 0 amide bonds. The zero-order valence-electron chi connectivity index (χ0n) is 10.2. The van der Waals surface area contributed by atoms with Crippen molar-refractivity contribution in [3.63, 3.8) is 0 Å². The highest BCUT2D eigenvalue weighted by Crippen LogP contribution is 2.31. The summed E-state index contributed by atoms with van der Waals surface area (Å²) in [5, 5.41) is 0.474. The van der Waals surface area contributed by atoms with Crippen LogP contribution in [0.15, 0.2) is 12.3 Å². The summed E-state index contributed by atoms with van der Waals surface area (Å²) < 4.78 is 37.9. The molecule has 0 spiro atoms. The molecule has 1 aliphatic rings. The Hall–Kier alpha value is -1.90. The monoisotopic (exact) mass is 301 g/mol. The van der Waals surface area contributed by atoms with E-state index >= 15 is 0 Å². The first-order valence-corrected chi connectivity index (χ1v) is 6.64. The molecule has 0 aromatic carbocycles. The van der Waals surface area contributed by atoms with Crippen LogP contribution in [0, 0.1) is 0 Å². The number of nitrogen functional groups attached to an aromatic ring is 1. The average molecular weight is 301 g/mol. The maximum Gasteiger partial charge on any atom is 0.433 e. The van der Waals surface area contributed by atoms with Crippen molar-refractivity contribution in [2.45, 2.75) is 19.1 Å². The number of aromatic nitrogens is 3. The van der Waals surface area contributed by atoms with Crippen LogP contribution < -0.4 is 10.6 Å². The molecule has 3 rings (SSSR count). The largest absolute Gasteiger partial charge is 0.433 e. The van der Waals surface area contributed by atoms with E-state index in [0.29, 0.717) is 24.6 Å². The topological polar surface area (TPSA) is 67.9 Å². The third-order valence-electron chi connectivity index (χ3n) is 2.96. The van der Waals surface area contributed by atoms with E-state index in [-0.39, 0.29) is 5.95 Å². The van der Waals surface area contributed by atoms with Crippen LogP contribution in [0.25, 0.3) is 0 Å². The molecule has 0 fully saturated rings. The third kappa shape index (κ3) is 2.40. The number of anilines is 2. The van der Waals surface area contributed by atoms with Gasteiger partial charge in [-0.25, -0.2) is 15.0 Å². The lowest BCUT2D eigenvalue weighted by Crippen LogP contribution is -2.31. The van der Waals surface area contributed by atoms with Gasteiger partial charge in [0.1, 0.15) is 5.69 Å². The van der Waals surface area contributed by atoms with Gasteiger partial charge >= 0.3 is 6.18 Å². The molecule has 3 heterocycles. The van der Waals surface area contributed by atoms with Crippen LogP contribution in [0.1, 0.15) is 16.3 Å². The van der Waals surface area contributed by atoms with Crippen LogP contribution in [0.3, 0.4) is 0 Å². The summed E-state index contributed by atoms with van der Waals surface area (Å²) >= 11 is 1.35. The fraction of sp³-hybridized carbons (Fsp3) is 0.364. The van der Waals surface area contributed by atoms with E-state index < -0.39 is 11.9 Å². The van der Waals surface area contributed by atoms with E-state index in [4.69, 9.17) is 5.73 Å². The highest BCUT2D eigenvalue weighted by atomic mass is 32.1. The standard InChI is InChI=1S/C11H10F3N5S/c12-11(13,14)8-1-3-16-10(18-8)19-4-2-6-7(5-19)20-9(15)17-6/h1,3H,2,4-5H2,(H2,15,17). The average Bonchev–Trinajstić information content (AvgIpc) is 2.77. The Balaban J connectivity index is 1.88. The minimum atomic E-state index is -4.46. The number of hydrogen-bond acceptors (Lipinski definition) is 6. The highest BCUT2D eigenvalue weighted by molar-refractivity contribution is 7.15. The second-order valence-electron chi connectivity index (χ2n) is 4.33. The number of alkyl halides is 3. The number of hydrogen-bond donors (Lipinski definition) is 1. The van der Waals surface area contributed by atoms with Crippen molar-refractivity contribution >= 4 is 22.4 Å². The zero-order valence-corrected chi connectivity index (χ0v) is 11.0. The summed E-state index contributed by atoms with van der Waals surface area (Å²) in [5.41, 5.74) is 5.61. The Kier molecular flexibility index (Phi) is 3.00. The molecular weight excluding hydrogens is 291 g/mol. The molecule has 5 nitrogen and oxygen atoms in total. The van der Waals surface area contributed by atoms with Crippen LogP contribution in [-0.2, 0) is 19.1 Å². The Morgan fingerprint density at radius 1 is 1.30 bits per heavy atom. The smallest absolute Gasteiger partial charge is 0.375 e. The summed E-state index contributed by atoms with van der Waals surface area (Å²) in [5.74, 6) is 0.0810. The molecule has 0 unspecified atom stereocenters. The van der Waals surface area contributed by atoms with Gasteiger partial charge in [-0.1, -0.05) is 0 Å². The normalized spacial score (nSPS) is 15.2. The zero-order chi connectivity index (χ0) is 14.3. The lowest BCUT2D eigenvalue weighted by molar-refractivity contribution is -0.141. The molecule has 0 saturated heterocycles. The molecule has 0 atom stereocenters. The van der Waals surface area contributed by atoms with Gasteiger partial charge in [-0.3, -0.25) is 0 Å². The molecule has 2 aromatic heterocycles. The second-order valence-corrected chi connectivity index (χ2v) is 5.45. The number of nitrogens with two attached hydrogens (primary N) is 1. The molecule has 2 N–H and O–H groups in total. The van der Waals surface area contributed by atoms with Crippen molar-refractivity contribution in [2.75, 3.05) is 17.2 Å². The number of thiazole rings is 1. The Bertz CT molecular complexity index is 639. The van der Waals surface area contributed by atoms with Gasteiger partial charge in [0, 0.05) is 24.0 Å². The van der Waals surface area contributed by atoms with Crippen molar-refractivity contribution in [1.82, 2.24) is 15.0 Å². The quantitative estimate of drug-likeness (QED) is 0.873. The number of rotatable bonds is 1. The van der Waals surface area contributed by atoms with Gasteiger partial charge in [0.15, 0.2) is 5.13 Å². The predicted octanol–water partition coefficient (Wildman–Crippen LogP) is 2.10. The molecule has 0 aliphatic carbocycles. The molecule has 0 saturated carbocycles. The minimum absolute atomic E-state index is 0.0810. The highest BCUT2D eigenvalue weighted by Gasteiger charge is 2.33. The van der Waals surface area contributed by atoms with E-state index in [1.54, 1.807) is 4.90 Å². The fourth-order valence-electron chi connectivity index (χ4n) is 2.04. The van der Waals surface area contributed by atoms with Crippen molar-refractivity contribution in [1.29, 1.82) is 0 Å². The maximum atomic E-state index is 12.6. The van der Waals surface area contributed by atoms with E-state index in [2.05, 4.69) is 15.0 Å². The maximum absolute atomic E-state index is 12.6. The Labute approximate surface area is 116 Å². The van der Waals surface area contributed by atoms with Crippen LogP contribution in [0.5, 0.6) is 0 Å². The summed E-state index contributed by atoms with van der Waals surface area (Å²) in [7, 11) is 0. The predicted molar refractivity (Wildman–Crippen MR) is 68.3 cm³/mol. The van der Waals surface area contributed by atoms with Gasteiger partial charge in [-0.05, 0) is 6.07 Å². The summed E-state index contributed by atoms with van der Waals surface area (Å²) in [6.07, 6.45) is -2.71. The Morgan fingerprint density at radius 2 is 2.10 bits per heavy atom. The van der Waals surface area contributed by atoms with Crippen molar-refractivity contribution in [3.8, 4) is 0 Å². The summed E-state index contributed by atoms with van der Waals surface area (Å²) in [4.78, 5) is 14.4. The van der Waals surface area contributed by atoms with Crippen molar-refractivity contribution in [3.05, 3.63) is 28.5 Å². The second kappa shape index (κ2) is 4.58. The molecular formula is C11H10F3N5S. The van der Waals surface area contributed by atoms with Gasteiger partial charge in [0.05, 0.1) is 12.2 Å². The molecule has 20 heavy (non-hydrogen) atoms. The van der Waals surface area contributed by atoms with E-state index in [1.165, 1.54) is 11.3 Å². The third-order valence-corrected chi connectivity index (χ3v) is 3.88. The SMILES string of the molecule is Nc1nc2c(s1)CN(c1nccc(C(F)(F)F)n1)CC2. The van der Waals surface area contributed by atoms with Gasteiger partial charge in [0.2, 0.25) is 5.95 Å². The molecule has 2 aromatic rings. The molecule has 9 heteroatoms. The van der Waals surface area contributed by atoms with Crippen LogP contribution in [0.4, 0.5) is 24.3 Å². The van der Waals surface area contributed by atoms with Crippen LogP contribution in [0.2, 0.25) is 0 Å². The van der Waals surface area contributed by atoms with Gasteiger partial charge in [0.25, 0.3) is 0 Å². The van der Waals surface area contributed by atoms with Crippen molar-refractivity contribution in [2.24, 2.45) is 0 Å². The molecule has 0 bridgehead atoms. The summed E-state index contributed by atoms with van der Waals surface area (Å²) in [6, 6.07) is 0.865. The lowest BCUT2D eigenvalue weighted by Gasteiger charge is -2.26. The van der Waals surface area contributed by atoms with Crippen LogP contribution in [-0.4, -0.2) is 21.5 Å². The summed E-state index contributed by atoms with van der Waals surface area (Å²) in [6.45, 7) is 0.961. The number of nitrogens with zero attached hydrogens (tertiary/aromatic N) is 4. The van der Waals surface area contributed by atoms with Gasteiger partial charge in [-0.2, -0.15) is 13.2 Å². The Morgan fingerprint density at radius 3 is 2.85 bits per heavy atom. The lowest BCUT2D eigenvalue weighted by atomic mass is 10.2. The fourth-order valence-corrected chi connectivity index (χ4v) is 2.94. The molecule has 106 valence electrons. The molecule has 0 radical (unpaired) electrons. The minimum Gasteiger partial charge on any atom is -0.375 e. The first kappa shape index (κ1) is 13.1. The van der Waals surface area contributed by atoms with Crippen molar-refractivity contribution < 1.29 is 13.2 Å². The number of halogens is 3. The van der Waals surface area contributed by atoms with E-state index in [0.717, 1.165) is 22.8 Å². The van der Waals surface area contributed by atoms with E-state index in [1.807, 2.05) is 0 Å². The van der Waals surface area contributed by atoms with E-state index in [9.17, 15) is 13.2 Å². The number of fused-ring (bicyclic) bond motifs is 1. The van der Waals surface area contributed by atoms with Crippen LogP contribution >= 0.6 is 11.3 Å². The molecule has 1 aliphatic heterocycles.